The fourth-order valence-corrected chi connectivity index (χ4v) is 3.71. The summed E-state index contributed by atoms with van der Waals surface area (Å²) in [4.78, 5) is 14.8. The van der Waals surface area contributed by atoms with Crippen molar-refractivity contribution in [1.29, 1.82) is 0 Å². The second-order valence-corrected chi connectivity index (χ2v) is 7.51. The van der Waals surface area contributed by atoms with Gasteiger partial charge in [0.25, 0.3) is 0 Å². The van der Waals surface area contributed by atoms with Crippen LogP contribution in [-0.2, 0) is 24.3 Å². The first-order chi connectivity index (χ1) is 11.8. The highest BCUT2D eigenvalue weighted by Crippen LogP contribution is 2.34. The van der Waals surface area contributed by atoms with Crippen LogP contribution in [0.5, 0.6) is 5.06 Å². The molecule has 1 aromatic heterocycles. The van der Waals surface area contributed by atoms with Gasteiger partial charge in [0.15, 0.2) is 16.7 Å². The summed E-state index contributed by atoms with van der Waals surface area (Å²) in [7, 11) is 0. The number of benzene rings is 1. The van der Waals surface area contributed by atoms with Gasteiger partial charge in [-0.2, -0.15) is 0 Å². The number of carbonyl (C=O) groups is 1. The van der Waals surface area contributed by atoms with Gasteiger partial charge in [0.1, 0.15) is 5.82 Å². The number of fused-ring (bicyclic) bond motifs is 1. The number of nitrogens with zero attached hydrogens (tertiary/aromatic N) is 1. The van der Waals surface area contributed by atoms with E-state index in [1.165, 1.54) is 11.3 Å². The molecule has 0 aliphatic carbocycles. The first-order valence-corrected chi connectivity index (χ1v) is 8.84. The molecule has 2 heterocycles. The summed E-state index contributed by atoms with van der Waals surface area (Å²) in [6.45, 7) is 4.95. The van der Waals surface area contributed by atoms with E-state index in [1.807, 2.05) is 11.0 Å². The van der Waals surface area contributed by atoms with Crippen LogP contribution in [0.15, 0.2) is 18.2 Å². The molecule has 0 amide bonds. The largest absolute Gasteiger partial charge is 0.415 e. The first kappa shape index (κ1) is 17.9. The highest BCUT2D eigenvalue weighted by Gasteiger charge is 2.22. The van der Waals surface area contributed by atoms with E-state index in [0.717, 1.165) is 22.9 Å². The topological polar surface area (TPSA) is 29.5 Å². The molecule has 0 radical (unpaired) electrons. The zero-order valence-electron chi connectivity index (χ0n) is 13.9. The van der Waals surface area contributed by atoms with Crippen LogP contribution >= 0.6 is 11.3 Å². The van der Waals surface area contributed by atoms with E-state index in [0.29, 0.717) is 24.2 Å². The van der Waals surface area contributed by atoms with E-state index >= 15 is 0 Å². The van der Waals surface area contributed by atoms with Gasteiger partial charge in [0, 0.05) is 36.1 Å². The molecule has 134 valence electrons. The Hall–Kier alpha value is -1.86. The quantitative estimate of drug-likeness (QED) is 0.595. The summed E-state index contributed by atoms with van der Waals surface area (Å²) in [6, 6.07) is 3.31. The molecule has 0 spiro atoms. The predicted octanol–water partition coefficient (Wildman–Crippen LogP) is 4.29. The molecular formula is C18H18F3NO2S. The van der Waals surface area contributed by atoms with E-state index in [9.17, 15) is 18.0 Å². The lowest BCUT2D eigenvalue weighted by Crippen LogP contribution is -2.29. The Morgan fingerprint density at radius 3 is 2.64 bits per heavy atom. The van der Waals surface area contributed by atoms with Crippen molar-refractivity contribution >= 4 is 17.3 Å². The molecule has 3 rings (SSSR count). The molecule has 0 bridgehead atoms. The Bertz CT molecular complexity index is 804. The van der Waals surface area contributed by atoms with Gasteiger partial charge in [0.05, 0.1) is 5.92 Å². The second-order valence-electron chi connectivity index (χ2n) is 6.41. The number of esters is 1. The molecule has 0 unspecified atom stereocenters. The SMILES string of the molecule is CC(C)C(=O)Oc1cc2c(s1)CCN(Cc1cc(F)c(F)cc1F)C2. The molecule has 0 saturated heterocycles. The molecule has 1 aliphatic heterocycles. The van der Waals surface area contributed by atoms with Crippen molar-refractivity contribution in [3.05, 3.63) is 51.7 Å². The minimum Gasteiger partial charge on any atom is -0.415 e. The molecule has 7 heteroatoms. The van der Waals surface area contributed by atoms with Gasteiger partial charge in [-0.1, -0.05) is 13.8 Å². The van der Waals surface area contributed by atoms with E-state index in [-0.39, 0.29) is 24.0 Å². The number of carbonyl (C=O) groups excluding carboxylic acids is 1. The van der Waals surface area contributed by atoms with Crippen molar-refractivity contribution in [1.82, 2.24) is 4.90 Å². The average Bonchev–Trinajstić information content (AvgIpc) is 2.94. The van der Waals surface area contributed by atoms with E-state index in [2.05, 4.69) is 0 Å². The molecule has 0 N–H and O–H groups in total. The number of rotatable bonds is 4. The Balaban J connectivity index is 1.70. The molecule has 2 aromatic rings. The Labute approximate surface area is 148 Å². The highest BCUT2D eigenvalue weighted by molar-refractivity contribution is 7.14. The molecule has 3 nitrogen and oxygen atoms in total. The van der Waals surface area contributed by atoms with Crippen LogP contribution in [0.25, 0.3) is 0 Å². The van der Waals surface area contributed by atoms with Crippen LogP contribution < -0.4 is 4.74 Å². The van der Waals surface area contributed by atoms with E-state index in [4.69, 9.17) is 4.74 Å². The van der Waals surface area contributed by atoms with Crippen LogP contribution in [0.3, 0.4) is 0 Å². The summed E-state index contributed by atoms with van der Waals surface area (Å²) in [6.07, 6.45) is 0.741. The molecule has 1 aromatic carbocycles. The Morgan fingerprint density at radius 1 is 1.20 bits per heavy atom. The van der Waals surface area contributed by atoms with Gasteiger partial charge >= 0.3 is 5.97 Å². The fourth-order valence-electron chi connectivity index (χ4n) is 2.69. The van der Waals surface area contributed by atoms with Gasteiger partial charge in [-0.15, -0.1) is 11.3 Å². The molecule has 0 fully saturated rings. The molecule has 1 aliphatic rings. The summed E-state index contributed by atoms with van der Waals surface area (Å²) >= 11 is 1.44. The van der Waals surface area contributed by atoms with Gasteiger partial charge < -0.3 is 4.74 Å². The van der Waals surface area contributed by atoms with Crippen molar-refractivity contribution in [2.24, 2.45) is 5.92 Å². The summed E-state index contributed by atoms with van der Waals surface area (Å²) in [5.74, 6) is -3.46. The van der Waals surface area contributed by atoms with Gasteiger partial charge in [-0.3, -0.25) is 9.69 Å². The van der Waals surface area contributed by atoms with Crippen molar-refractivity contribution in [3.8, 4) is 5.06 Å². The van der Waals surface area contributed by atoms with Crippen LogP contribution in [0.1, 0.15) is 29.9 Å². The van der Waals surface area contributed by atoms with Crippen molar-refractivity contribution in [2.45, 2.75) is 33.4 Å². The Kier molecular flexibility index (Phi) is 5.15. The minimum atomic E-state index is -1.18. The number of hydrogen-bond donors (Lipinski definition) is 0. The Morgan fingerprint density at radius 2 is 1.92 bits per heavy atom. The summed E-state index contributed by atoms with van der Waals surface area (Å²) < 4.78 is 45.5. The summed E-state index contributed by atoms with van der Waals surface area (Å²) in [5, 5.41) is 0.560. The molecule has 25 heavy (non-hydrogen) atoms. The number of halogens is 3. The molecule has 0 atom stereocenters. The number of ether oxygens (including phenoxy) is 1. The monoisotopic (exact) mass is 369 g/mol. The third-order valence-electron chi connectivity index (χ3n) is 4.08. The smallest absolute Gasteiger partial charge is 0.314 e. The first-order valence-electron chi connectivity index (χ1n) is 8.02. The number of hydrogen-bond acceptors (Lipinski definition) is 4. The summed E-state index contributed by atoms with van der Waals surface area (Å²) in [5.41, 5.74) is 1.15. The van der Waals surface area contributed by atoms with Gasteiger partial charge in [-0.25, -0.2) is 13.2 Å². The van der Waals surface area contributed by atoms with Gasteiger partial charge in [-0.05, 0) is 24.1 Å². The van der Waals surface area contributed by atoms with Gasteiger partial charge in [0.2, 0.25) is 0 Å². The second kappa shape index (κ2) is 7.17. The lowest BCUT2D eigenvalue weighted by atomic mass is 10.1. The van der Waals surface area contributed by atoms with E-state index in [1.54, 1.807) is 13.8 Å². The standard InChI is InChI=1S/C18H18F3NO2S/c1-10(2)18(23)24-17-6-12-9-22(4-3-16(12)25-17)8-11-5-14(20)15(21)7-13(11)19/h5-7,10H,3-4,8-9H2,1-2H3. The van der Waals surface area contributed by atoms with Crippen LogP contribution in [0.2, 0.25) is 0 Å². The van der Waals surface area contributed by atoms with Crippen molar-refractivity contribution in [2.75, 3.05) is 6.54 Å². The maximum Gasteiger partial charge on any atom is 0.314 e. The predicted molar refractivity (Wildman–Crippen MR) is 88.9 cm³/mol. The minimum absolute atomic E-state index is 0.129. The third kappa shape index (κ3) is 4.04. The van der Waals surface area contributed by atoms with Crippen LogP contribution in [0.4, 0.5) is 13.2 Å². The third-order valence-corrected chi connectivity index (χ3v) is 5.19. The van der Waals surface area contributed by atoms with Crippen LogP contribution in [-0.4, -0.2) is 17.4 Å². The molecular weight excluding hydrogens is 351 g/mol. The molecule has 0 saturated carbocycles. The lowest BCUT2D eigenvalue weighted by molar-refractivity contribution is -0.137. The van der Waals surface area contributed by atoms with Crippen molar-refractivity contribution < 1.29 is 22.7 Å². The normalized spacial score (nSPS) is 14.6. The zero-order chi connectivity index (χ0) is 18.1. The van der Waals surface area contributed by atoms with Crippen LogP contribution in [0, 0.1) is 23.4 Å². The fraction of sp³-hybridized carbons (Fsp3) is 0.389. The van der Waals surface area contributed by atoms with E-state index < -0.39 is 17.5 Å². The number of thiophene rings is 1. The lowest BCUT2D eigenvalue weighted by Gasteiger charge is -2.26. The van der Waals surface area contributed by atoms with Crippen molar-refractivity contribution in [3.63, 3.8) is 0 Å². The zero-order valence-corrected chi connectivity index (χ0v) is 14.8. The highest BCUT2D eigenvalue weighted by atomic mass is 32.1. The maximum atomic E-state index is 13.8. The maximum absolute atomic E-state index is 13.8. The average molecular weight is 369 g/mol.